The molecule has 0 saturated heterocycles. The zero-order valence-corrected chi connectivity index (χ0v) is 84.4. The van der Waals surface area contributed by atoms with Crippen molar-refractivity contribution in [2.24, 2.45) is 0 Å². The highest BCUT2D eigenvalue weighted by atomic mass is 35.5. The molecule has 0 fully saturated rings. The lowest BCUT2D eigenvalue weighted by Crippen LogP contribution is -2.04. The van der Waals surface area contributed by atoms with Crippen molar-refractivity contribution in [1.29, 1.82) is 0 Å². The van der Waals surface area contributed by atoms with Gasteiger partial charge >= 0.3 is 0 Å². The van der Waals surface area contributed by atoms with E-state index in [4.69, 9.17) is 59.7 Å². The fourth-order valence-corrected chi connectivity index (χ4v) is 27.2. The molecule has 9 nitrogen and oxygen atoms in total. The average Bonchev–Trinajstić information content (AvgIpc) is 1.56. The number of benzene rings is 22. The Bertz CT molecular complexity index is 10900. The summed E-state index contributed by atoms with van der Waals surface area (Å²) in [6.07, 6.45) is 2.14. The van der Waals surface area contributed by atoms with E-state index in [1.165, 1.54) is 159 Å². The van der Waals surface area contributed by atoms with Crippen LogP contribution in [-0.4, -0.2) is 43.6 Å². The minimum Gasteiger partial charge on any atom is -0.309 e. The number of halogens is 3. The van der Waals surface area contributed by atoms with Gasteiger partial charge in [0.25, 0.3) is 0 Å². The van der Waals surface area contributed by atoms with Crippen molar-refractivity contribution in [1.82, 2.24) is 43.6 Å². The van der Waals surface area contributed by atoms with Crippen molar-refractivity contribution in [3.8, 4) is 73.3 Å². The Morgan fingerprint density at radius 3 is 0.940 bits per heavy atom. The minimum absolute atomic E-state index is 0.443. The summed E-state index contributed by atoms with van der Waals surface area (Å²) < 4.78 is 14.5. The van der Waals surface area contributed by atoms with Gasteiger partial charge in [0.15, 0.2) is 16.8 Å². The van der Waals surface area contributed by atoms with Crippen molar-refractivity contribution in [2.45, 2.75) is 12.8 Å². The third-order valence-electron chi connectivity index (χ3n) is 29.6. The molecule has 0 unspecified atom stereocenters. The fourth-order valence-electron chi connectivity index (χ4n) is 22.8. The molecule has 0 radical (unpaired) electrons. The number of hydrogen-bond acceptors (Lipinski definition) is 9. The normalized spacial score (nSPS) is 12.1. The smallest absolute Gasteiger partial charge is 0.165 e. The number of thiophene rings is 3. The number of hydrogen-bond donors (Lipinski definition) is 0. The van der Waals surface area contributed by atoms with Crippen LogP contribution in [0.25, 0.3) is 265 Å². The highest BCUT2D eigenvalue weighted by Crippen LogP contribution is 2.51. The number of para-hydroxylation sites is 10. The number of nitrogens with zero attached hydrogens (tertiary/aromatic N) is 9. The molecule has 2 aliphatic carbocycles. The average molecular weight is 2020 g/mol. The van der Waals surface area contributed by atoms with Gasteiger partial charge in [0.2, 0.25) is 0 Å². The molecule has 0 bridgehead atoms. The monoisotopic (exact) mass is 2020 g/mol. The third-order valence-corrected chi connectivity index (χ3v) is 34.2. The lowest BCUT2D eigenvalue weighted by Gasteiger charge is -2.15. The van der Waals surface area contributed by atoms with Gasteiger partial charge in [-0.25, -0.2) is 29.9 Å². The Balaban J connectivity index is 0.0000000953. The van der Waals surface area contributed by atoms with Crippen LogP contribution in [0.5, 0.6) is 0 Å². The highest BCUT2D eigenvalue weighted by molar-refractivity contribution is 7.27. The molecule has 9 aromatic heterocycles. The maximum atomic E-state index is 6.66. The van der Waals surface area contributed by atoms with Gasteiger partial charge in [0.1, 0.15) is 17.1 Å². The van der Waals surface area contributed by atoms with Crippen LogP contribution in [0.15, 0.2) is 461 Å². The van der Waals surface area contributed by atoms with Crippen molar-refractivity contribution < 1.29 is 0 Å². The second-order valence-electron chi connectivity index (χ2n) is 38.0. The van der Waals surface area contributed by atoms with Crippen LogP contribution < -0.4 is 0 Å². The zero-order chi connectivity index (χ0) is 98.6. The Morgan fingerprint density at radius 1 is 0.188 bits per heavy atom. The SMILES string of the molecule is Clc1cccc2cc3c(cc12)-c1ccccc1C3.Clc1cccc2cc3c(cc12)c1ccccc1n3-c1nc2ccccc2nc1-c1cccc2c1sc1ccccc12.Clc1nc2ccccc2nc1-c1cccc2c1sc1ccccc12.c1cc(-n2c3ccccc3c3ccccc32)c2cc3c4ccccc4n(-c4nc5ccccc5nc4-c4cccc5c4sc4ccccc45)c3cc2c1.c1ccc2c(c1)Cc1ccccc1-2. The molecule has 0 spiro atoms. The summed E-state index contributed by atoms with van der Waals surface area (Å²) in [6.45, 7) is 0. The summed E-state index contributed by atoms with van der Waals surface area (Å²) in [4.78, 5) is 30.8. The maximum Gasteiger partial charge on any atom is 0.165 e. The van der Waals surface area contributed by atoms with Gasteiger partial charge in [-0.2, -0.15) is 0 Å². The summed E-state index contributed by atoms with van der Waals surface area (Å²) in [5.41, 5.74) is 30.1. The van der Waals surface area contributed by atoms with Crippen molar-refractivity contribution in [3.05, 3.63) is 498 Å². The summed E-state index contributed by atoms with van der Waals surface area (Å²) in [5.74, 6) is 1.65. The summed E-state index contributed by atoms with van der Waals surface area (Å²) >= 11 is 24.8. The van der Waals surface area contributed by atoms with Gasteiger partial charge in [0, 0.05) is 136 Å². The lowest BCUT2D eigenvalue weighted by atomic mass is 10.0. The summed E-state index contributed by atoms with van der Waals surface area (Å²) in [6, 6.07) is 162. The van der Waals surface area contributed by atoms with Crippen LogP contribution in [0.4, 0.5) is 0 Å². The van der Waals surface area contributed by atoms with E-state index in [1.54, 1.807) is 11.3 Å². The van der Waals surface area contributed by atoms with E-state index >= 15 is 0 Å². The Morgan fingerprint density at radius 2 is 0.490 bits per heavy atom. The fraction of sp³-hybridized carbons (Fsp3) is 0.0149. The van der Waals surface area contributed by atoms with Gasteiger partial charge in [-0.3, -0.25) is 9.13 Å². The Hall–Kier alpha value is -17.4. The standard InChI is InChI=1S/C48H28N4S.C36H20ClN3S.C20H11ClN2S.C17H11Cl.C13H10/c1-7-22-40-30(14-1)31-15-2-8-23-41(31)51(40)43-25-11-13-29-27-44-37(28-36(29)43)32-16-3-9-24-42(32)52(44)48-46(49-38-20-5-6-21-39(38)50-48)35-19-12-18-34-33-17-4-10-26-45(33)53-47(34)35;37-28-14-7-9-21-19-32-27(20-26(21)28)22-10-1-5-17-31(22)40(32)36-34(38-29-15-3-4-16-30(29)39-36)25-13-8-12-24-23-11-2-6-18-33(23)41-35(24)25;21-20-18(22-15-9-2-3-10-16(15)23-20)14-8-5-7-13-12-6-1-4-11-17(12)24-19(13)14;18-17-7-3-5-12-9-13-8-11-4-1-2-6-14(11)15(13)10-16(12)17;1-3-7-12-10(5-1)9-11-6-2-4-8-13(11)12/h1-28H;1-20H;1-11H;1-7,9-10H,8H2;1-8H,9H2. The predicted octanol–water partition coefficient (Wildman–Crippen LogP) is 38.2. The van der Waals surface area contributed by atoms with Crippen LogP contribution in [0.1, 0.15) is 22.3 Å². The molecule has 700 valence electrons. The number of aromatic nitrogens is 9. The van der Waals surface area contributed by atoms with E-state index in [0.29, 0.717) is 5.15 Å². The van der Waals surface area contributed by atoms with Gasteiger partial charge in [-0.15, -0.1) is 34.0 Å². The van der Waals surface area contributed by atoms with Crippen LogP contribution in [0.3, 0.4) is 0 Å². The molecule has 149 heavy (non-hydrogen) atoms. The van der Waals surface area contributed by atoms with Crippen molar-refractivity contribution in [2.75, 3.05) is 0 Å². The molecule has 0 N–H and O–H groups in total. The van der Waals surface area contributed by atoms with Crippen LogP contribution in [0.2, 0.25) is 15.2 Å². The summed E-state index contributed by atoms with van der Waals surface area (Å²) in [5, 5.41) is 23.6. The molecule has 2 aliphatic rings. The molecule has 0 atom stereocenters. The number of fused-ring (bicyclic) bond motifs is 30. The first kappa shape index (κ1) is 88.1. The van der Waals surface area contributed by atoms with Crippen LogP contribution >= 0.6 is 68.8 Å². The topological polar surface area (TPSA) is 92.1 Å². The van der Waals surface area contributed by atoms with Gasteiger partial charge in [0.05, 0.1) is 71.9 Å². The first-order valence-corrected chi connectivity index (χ1v) is 53.4. The molecule has 0 aliphatic heterocycles. The molecule has 33 rings (SSSR count). The van der Waals surface area contributed by atoms with Gasteiger partial charge in [-0.05, 0) is 201 Å². The largest absolute Gasteiger partial charge is 0.309 e. The van der Waals surface area contributed by atoms with Crippen LogP contribution in [0, 0.1) is 0 Å². The quantitative estimate of drug-likeness (QED) is 0.165. The molecule has 9 heterocycles. The second-order valence-corrected chi connectivity index (χ2v) is 42.4. The second kappa shape index (κ2) is 36.1. The molecule has 0 amide bonds. The van der Waals surface area contributed by atoms with E-state index in [0.717, 1.165) is 150 Å². The first-order chi connectivity index (χ1) is 73.6. The van der Waals surface area contributed by atoms with E-state index in [2.05, 4.69) is 395 Å². The molecular formula is C134H80Cl3N9S3. The van der Waals surface area contributed by atoms with Gasteiger partial charge in [-0.1, -0.05) is 368 Å². The van der Waals surface area contributed by atoms with Crippen molar-refractivity contribution >= 4 is 260 Å². The van der Waals surface area contributed by atoms with E-state index in [9.17, 15) is 0 Å². The molecule has 31 aromatic rings. The predicted molar refractivity (Wildman–Crippen MR) is 634 cm³/mol. The minimum atomic E-state index is 0.443. The first-order valence-electron chi connectivity index (χ1n) is 49.8. The Kier molecular flexibility index (Phi) is 21.3. The van der Waals surface area contributed by atoms with Crippen LogP contribution in [-0.2, 0) is 12.8 Å². The van der Waals surface area contributed by atoms with E-state index in [1.807, 2.05) is 108 Å². The highest BCUT2D eigenvalue weighted by Gasteiger charge is 2.29. The maximum absolute atomic E-state index is 6.66. The third kappa shape index (κ3) is 14.8. The molecule has 15 heteroatoms. The molecular weight excluding hydrogens is 1940 g/mol. The summed E-state index contributed by atoms with van der Waals surface area (Å²) in [7, 11) is 0. The van der Waals surface area contributed by atoms with Crippen molar-refractivity contribution in [3.63, 3.8) is 0 Å². The van der Waals surface area contributed by atoms with E-state index < -0.39 is 0 Å². The Labute approximate surface area is 881 Å². The zero-order valence-electron chi connectivity index (χ0n) is 79.7. The number of rotatable bonds is 6. The lowest BCUT2D eigenvalue weighted by molar-refractivity contribution is 1.08. The molecule has 0 saturated carbocycles. The molecule has 22 aromatic carbocycles. The van der Waals surface area contributed by atoms with E-state index in [-0.39, 0.29) is 0 Å². The van der Waals surface area contributed by atoms with Gasteiger partial charge < -0.3 is 4.57 Å².